The Morgan fingerprint density at radius 1 is 0.540 bits per heavy atom. The summed E-state index contributed by atoms with van der Waals surface area (Å²) in [6.07, 6.45) is 0.692. The van der Waals surface area contributed by atoms with Crippen molar-refractivity contribution >= 4 is 23.9 Å². The molecule has 4 aromatic rings. The van der Waals surface area contributed by atoms with E-state index in [1.165, 1.54) is 55.6 Å². The minimum Gasteiger partial charge on any atom is -0.508 e. The number of hydrogen-bond acceptors (Lipinski definition) is 12. The molecule has 0 aliphatic carbocycles. The van der Waals surface area contributed by atoms with Crippen molar-refractivity contribution in [3.05, 3.63) is 101 Å². The van der Waals surface area contributed by atoms with Crippen LogP contribution in [0.2, 0.25) is 0 Å². The van der Waals surface area contributed by atoms with E-state index in [4.69, 9.17) is 18.9 Å². The second-order valence-electron chi connectivity index (χ2n) is 11.6. The largest absolute Gasteiger partial charge is 0.508 e. The molecule has 0 saturated carbocycles. The van der Waals surface area contributed by atoms with E-state index >= 15 is 0 Å². The van der Waals surface area contributed by atoms with E-state index in [1.54, 1.807) is 37.3 Å². The third kappa shape index (κ3) is 11.0. The molecule has 0 heterocycles. The molecule has 4 aromatic carbocycles. The highest BCUT2D eigenvalue weighted by Crippen LogP contribution is 2.33. The molecule has 12 heteroatoms. The third-order valence-corrected chi connectivity index (χ3v) is 7.76. The van der Waals surface area contributed by atoms with E-state index in [2.05, 4.69) is 0 Å². The van der Waals surface area contributed by atoms with Crippen LogP contribution in [0.3, 0.4) is 0 Å². The molecule has 0 amide bonds. The third-order valence-electron chi connectivity index (χ3n) is 7.76. The first kappa shape index (κ1) is 36.8. The number of phenols is 4. The summed E-state index contributed by atoms with van der Waals surface area (Å²) >= 11 is 0. The Bertz CT molecular complexity index is 1830. The van der Waals surface area contributed by atoms with Crippen molar-refractivity contribution < 1.29 is 58.6 Å². The highest BCUT2D eigenvalue weighted by atomic mass is 16.6. The van der Waals surface area contributed by atoms with Crippen LogP contribution in [0.4, 0.5) is 0 Å². The lowest BCUT2D eigenvalue weighted by molar-refractivity contribution is -0.141. The van der Waals surface area contributed by atoms with E-state index in [1.807, 2.05) is 0 Å². The Hall–Kier alpha value is -6.04. The zero-order chi connectivity index (χ0) is 36.2. The number of methoxy groups -OCH3 is 1. The fourth-order valence-electron chi connectivity index (χ4n) is 4.88. The highest BCUT2D eigenvalue weighted by molar-refractivity contribution is 5.76. The smallest absolute Gasteiger partial charge is 0.311 e. The molecular formula is C38H38O12. The summed E-state index contributed by atoms with van der Waals surface area (Å²) in [6, 6.07) is 19.7. The van der Waals surface area contributed by atoms with Gasteiger partial charge in [-0.1, -0.05) is 37.3 Å². The number of aryl methyl sites for hydroxylation is 3. The molecule has 0 aromatic heterocycles. The number of esters is 4. The van der Waals surface area contributed by atoms with Gasteiger partial charge in [-0.25, -0.2) is 0 Å². The molecule has 1 unspecified atom stereocenters. The van der Waals surface area contributed by atoms with E-state index < -0.39 is 23.9 Å². The summed E-state index contributed by atoms with van der Waals surface area (Å²) in [4.78, 5) is 49.3. The molecule has 0 fully saturated rings. The minimum atomic E-state index is -0.658. The van der Waals surface area contributed by atoms with Crippen LogP contribution in [0.15, 0.2) is 78.9 Å². The Morgan fingerprint density at radius 3 is 1.40 bits per heavy atom. The van der Waals surface area contributed by atoms with Crippen LogP contribution in [0.5, 0.6) is 40.2 Å². The molecule has 0 saturated heterocycles. The molecule has 0 spiro atoms. The molecule has 4 N–H and O–H groups in total. The summed E-state index contributed by atoms with van der Waals surface area (Å²) in [6.45, 7) is 1.80. The van der Waals surface area contributed by atoms with E-state index in [0.717, 1.165) is 5.56 Å². The molecular weight excluding hydrogens is 648 g/mol. The summed E-state index contributed by atoms with van der Waals surface area (Å²) in [7, 11) is 1.29. The summed E-state index contributed by atoms with van der Waals surface area (Å²) in [5.41, 5.74) is 2.67. The van der Waals surface area contributed by atoms with Crippen molar-refractivity contribution in [1.29, 1.82) is 0 Å². The van der Waals surface area contributed by atoms with Gasteiger partial charge < -0.3 is 39.4 Å². The van der Waals surface area contributed by atoms with Crippen LogP contribution in [-0.4, -0.2) is 51.4 Å². The van der Waals surface area contributed by atoms with Gasteiger partial charge in [0.05, 0.1) is 13.5 Å². The molecule has 0 aliphatic heterocycles. The number of carbonyl (C=O) groups excluding carboxylic acids is 4. The van der Waals surface area contributed by atoms with Gasteiger partial charge in [0.25, 0.3) is 0 Å². The first-order chi connectivity index (χ1) is 23.9. The van der Waals surface area contributed by atoms with E-state index in [9.17, 15) is 39.6 Å². The molecule has 262 valence electrons. The van der Waals surface area contributed by atoms with Crippen LogP contribution < -0.4 is 14.2 Å². The SMILES string of the molecule is COC(=O)CC(C)c1ccc(O)c(OC(=O)CCc2ccc(O)c(OC(=O)CCc3ccc(O)c(OC(=O)CCc4ccc(O)cc4)c3)c2)c1. The number of ether oxygens (including phenoxy) is 4. The number of rotatable bonds is 15. The molecule has 0 bridgehead atoms. The zero-order valence-corrected chi connectivity index (χ0v) is 27.6. The van der Waals surface area contributed by atoms with Crippen molar-refractivity contribution in [2.75, 3.05) is 7.11 Å². The monoisotopic (exact) mass is 686 g/mol. The first-order valence-electron chi connectivity index (χ1n) is 15.8. The average Bonchev–Trinajstić information content (AvgIpc) is 3.09. The normalized spacial score (nSPS) is 11.3. The second kappa shape index (κ2) is 17.4. The topological polar surface area (TPSA) is 186 Å². The maximum atomic E-state index is 12.7. The standard InChI is InChI=1S/C38H38O12/c1-23(19-38(46)47-2)27-10-15-31(42)34(22-27)50-37(45)18-9-26-6-14-30(41)33(21-26)49-36(44)17-8-25-5-13-29(40)32(20-25)48-35(43)16-7-24-3-11-28(39)12-4-24/h3-6,10-15,20-23,39-42H,7-9,16-19H2,1-2H3. The van der Waals surface area contributed by atoms with Crippen LogP contribution in [0, 0.1) is 0 Å². The molecule has 12 nitrogen and oxygen atoms in total. The maximum absolute atomic E-state index is 12.7. The van der Waals surface area contributed by atoms with Crippen LogP contribution in [-0.2, 0) is 43.2 Å². The van der Waals surface area contributed by atoms with Crippen molar-refractivity contribution in [3.63, 3.8) is 0 Å². The van der Waals surface area contributed by atoms with Crippen LogP contribution >= 0.6 is 0 Å². The van der Waals surface area contributed by atoms with Crippen molar-refractivity contribution in [2.45, 2.75) is 57.8 Å². The predicted octanol–water partition coefficient (Wildman–Crippen LogP) is 5.79. The van der Waals surface area contributed by atoms with Gasteiger partial charge in [-0.05, 0) is 96.0 Å². The van der Waals surface area contributed by atoms with Gasteiger partial charge in [-0.3, -0.25) is 19.2 Å². The van der Waals surface area contributed by atoms with Crippen molar-refractivity contribution in [2.24, 2.45) is 0 Å². The number of aromatic hydroxyl groups is 4. The number of phenolic OH excluding ortho intramolecular Hbond substituents is 4. The fraction of sp³-hybridized carbons (Fsp3) is 0.263. The Morgan fingerprint density at radius 2 is 0.940 bits per heavy atom. The predicted molar refractivity (Wildman–Crippen MR) is 179 cm³/mol. The lowest BCUT2D eigenvalue weighted by atomic mass is 9.97. The number of hydrogen-bond donors (Lipinski definition) is 4. The molecule has 4 rings (SSSR count). The quantitative estimate of drug-likeness (QED) is 0.0873. The first-order valence-corrected chi connectivity index (χ1v) is 15.8. The zero-order valence-electron chi connectivity index (χ0n) is 27.6. The lowest BCUT2D eigenvalue weighted by Crippen LogP contribution is -2.11. The maximum Gasteiger partial charge on any atom is 0.311 e. The van der Waals surface area contributed by atoms with Gasteiger partial charge >= 0.3 is 23.9 Å². The van der Waals surface area contributed by atoms with Gasteiger partial charge in [0.15, 0.2) is 34.5 Å². The summed E-state index contributed by atoms with van der Waals surface area (Å²) in [5, 5.41) is 40.0. The minimum absolute atomic E-state index is 0.0427. The highest BCUT2D eigenvalue weighted by Gasteiger charge is 2.17. The summed E-state index contributed by atoms with van der Waals surface area (Å²) < 4.78 is 20.8. The molecule has 1 atom stereocenters. The Balaban J connectivity index is 1.27. The van der Waals surface area contributed by atoms with Crippen molar-refractivity contribution in [3.8, 4) is 40.2 Å². The molecule has 0 aliphatic rings. The van der Waals surface area contributed by atoms with Crippen LogP contribution in [0.25, 0.3) is 0 Å². The lowest BCUT2D eigenvalue weighted by Gasteiger charge is -2.13. The number of benzene rings is 4. The van der Waals surface area contributed by atoms with E-state index in [0.29, 0.717) is 23.1 Å². The second-order valence-corrected chi connectivity index (χ2v) is 11.6. The number of carbonyl (C=O) groups is 4. The van der Waals surface area contributed by atoms with Gasteiger partial charge in [-0.2, -0.15) is 0 Å². The van der Waals surface area contributed by atoms with Gasteiger partial charge in [0, 0.05) is 19.3 Å². The van der Waals surface area contributed by atoms with Gasteiger partial charge in [0.1, 0.15) is 5.75 Å². The average molecular weight is 687 g/mol. The molecule has 50 heavy (non-hydrogen) atoms. The van der Waals surface area contributed by atoms with Gasteiger partial charge in [0.2, 0.25) is 0 Å². The summed E-state index contributed by atoms with van der Waals surface area (Å²) in [5.74, 6) is -3.33. The Kier molecular flexibility index (Phi) is 12.8. The van der Waals surface area contributed by atoms with Crippen molar-refractivity contribution in [1.82, 2.24) is 0 Å². The fourth-order valence-corrected chi connectivity index (χ4v) is 4.88. The van der Waals surface area contributed by atoms with Crippen LogP contribution in [0.1, 0.15) is 60.8 Å². The van der Waals surface area contributed by atoms with Gasteiger partial charge in [-0.15, -0.1) is 0 Å². The molecule has 0 radical (unpaired) electrons. The van der Waals surface area contributed by atoms with E-state index in [-0.39, 0.29) is 84.7 Å². The Labute approximate surface area is 288 Å².